The van der Waals surface area contributed by atoms with Crippen molar-refractivity contribution in [3.05, 3.63) is 89.0 Å². The van der Waals surface area contributed by atoms with E-state index in [4.69, 9.17) is 4.42 Å². The van der Waals surface area contributed by atoms with Crippen molar-refractivity contribution in [3.8, 4) is 0 Å². The molecule has 33 heavy (non-hydrogen) atoms. The van der Waals surface area contributed by atoms with Crippen molar-refractivity contribution in [2.24, 2.45) is 0 Å². The summed E-state index contributed by atoms with van der Waals surface area (Å²) in [5, 5.41) is 5.52. The Hall–Kier alpha value is -4.13. The number of hydrogen-bond donors (Lipinski definition) is 2. The quantitative estimate of drug-likeness (QED) is 0.551. The van der Waals surface area contributed by atoms with Crippen LogP contribution in [0.5, 0.6) is 0 Å². The Bertz CT molecular complexity index is 1230. The van der Waals surface area contributed by atoms with Gasteiger partial charge in [0.1, 0.15) is 11.5 Å². The molecule has 0 unspecified atom stereocenters. The van der Waals surface area contributed by atoms with Crippen LogP contribution in [0.15, 0.2) is 71.0 Å². The first-order valence-corrected chi connectivity index (χ1v) is 10.8. The molecule has 2 N–H and O–H groups in total. The third-order valence-electron chi connectivity index (χ3n) is 5.42. The van der Waals surface area contributed by atoms with E-state index in [9.17, 15) is 14.4 Å². The molecule has 7 nitrogen and oxygen atoms in total. The van der Waals surface area contributed by atoms with Crippen LogP contribution in [0.4, 0.5) is 11.4 Å². The number of anilines is 2. The highest BCUT2D eigenvalue weighted by molar-refractivity contribution is 6.10. The van der Waals surface area contributed by atoms with Gasteiger partial charge in [0.25, 0.3) is 11.8 Å². The van der Waals surface area contributed by atoms with Gasteiger partial charge in [0, 0.05) is 36.0 Å². The summed E-state index contributed by atoms with van der Waals surface area (Å²) < 4.78 is 5.33. The molecule has 7 heteroatoms. The van der Waals surface area contributed by atoms with Crippen molar-refractivity contribution in [3.63, 3.8) is 0 Å². The maximum absolute atomic E-state index is 13.1. The molecule has 4 rings (SSSR count). The van der Waals surface area contributed by atoms with Crippen LogP contribution in [0.25, 0.3) is 6.08 Å². The summed E-state index contributed by atoms with van der Waals surface area (Å²) in [4.78, 5) is 39.7. The van der Waals surface area contributed by atoms with E-state index >= 15 is 0 Å². The monoisotopic (exact) mass is 443 g/mol. The number of nitrogens with one attached hydrogen (secondary N) is 2. The molecule has 2 heterocycles. The average Bonchev–Trinajstić information content (AvgIpc) is 3.45. The fourth-order valence-corrected chi connectivity index (χ4v) is 3.79. The summed E-state index contributed by atoms with van der Waals surface area (Å²) in [7, 11) is 0. The van der Waals surface area contributed by atoms with E-state index in [2.05, 4.69) is 10.6 Å². The predicted octanol–water partition coefficient (Wildman–Crippen LogP) is 4.43. The standard InChI is InChI=1S/C26H25N3O4/c1-17-6-3-7-19(14-17)25(31)28-22(16-21-8-5-13-33-21)26(32)27-20-10-11-23(18(2)15-20)29-12-4-9-24(29)30/h3,5-8,10-11,13-16H,4,9,12H2,1-2H3,(H,27,32)(H,28,31)/b22-16-. The molecule has 0 spiro atoms. The van der Waals surface area contributed by atoms with Gasteiger partial charge >= 0.3 is 0 Å². The van der Waals surface area contributed by atoms with Crippen molar-refractivity contribution in [1.82, 2.24) is 5.32 Å². The summed E-state index contributed by atoms with van der Waals surface area (Å²) in [5.74, 6) is -0.344. The Balaban J connectivity index is 1.55. The zero-order valence-electron chi connectivity index (χ0n) is 18.6. The van der Waals surface area contributed by atoms with Crippen LogP contribution in [0.2, 0.25) is 0 Å². The lowest BCUT2D eigenvalue weighted by molar-refractivity contribution is -0.117. The number of carbonyl (C=O) groups is 3. The fourth-order valence-electron chi connectivity index (χ4n) is 3.79. The number of benzene rings is 2. The van der Waals surface area contributed by atoms with Crippen LogP contribution in [-0.2, 0) is 9.59 Å². The lowest BCUT2D eigenvalue weighted by atomic mass is 10.1. The highest BCUT2D eigenvalue weighted by atomic mass is 16.3. The van der Waals surface area contributed by atoms with Crippen LogP contribution < -0.4 is 15.5 Å². The highest BCUT2D eigenvalue weighted by Gasteiger charge is 2.23. The number of hydrogen-bond acceptors (Lipinski definition) is 4. The fraction of sp³-hybridized carbons (Fsp3) is 0.192. The van der Waals surface area contributed by atoms with Crippen LogP contribution in [0, 0.1) is 13.8 Å². The minimum Gasteiger partial charge on any atom is -0.465 e. The summed E-state index contributed by atoms with van der Waals surface area (Å²) in [6, 6.07) is 15.9. The largest absolute Gasteiger partial charge is 0.465 e. The van der Waals surface area contributed by atoms with Gasteiger partial charge in [0.05, 0.1) is 6.26 Å². The molecule has 2 aromatic carbocycles. The Kier molecular flexibility index (Phi) is 6.40. The Labute approximate surface area is 192 Å². The highest BCUT2D eigenvalue weighted by Crippen LogP contribution is 2.27. The second kappa shape index (κ2) is 9.56. The van der Waals surface area contributed by atoms with E-state index in [1.165, 1.54) is 12.3 Å². The van der Waals surface area contributed by atoms with Crippen molar-refractivity contribution in [1.29, 1.82) is 0 Å². The SMILES string of the molecule is Cc1cccc(C(=O)N/C(=C\c2ccco2)C(=O)Nc2ccc(N3CCCC3=O)c(C)c2)c1. The van der Waals surface area contributed by atoms with Gasteiger partial charge in [-0.2, -0.15) is 0 Å². The topological polar surface area (TPSA) is 91.7 Å². The first kappa shape index (κ1) is 22.1. The van der Waals surface area contributed by atoms with Crippen LogP contribution >= 0.6 is 0 Å². The number of aryl methyl sites for hydroxylation is 2. The number of rotatable bonds is 6. The molecular formula is C26H25N3O4. The van der Waals surface area contributed by atoms with Gasteiger partial charge in [-0.1, -0.05) is 17.7 Å². The second-order valence-electron chi connectivity index (χ2n) is 8.00. The van der Waals surface area contributed by atoms with Gasteiger partial charge in [-0.15, -0.1) is 0 Å². The van der Waals surface area contributed by atoms with Gasteiger partial charge in [-0.3, -0.25) is 14.4 Å². The molecule has 1 aliphatic rings. The Morgan fingerprint density at radius 1 is 1.06 bits per heavy atom. The normalized spacial score (nSPS) is 13.8. The van der Waals surface area contributed by atoms with E-state index in [1.807, 2.05) is 32.0 Å². The summed E-state index contributed by atoms with van der Waals surface area (Å²) in [5.41, 5.74) is 3.72. The van der Waals surface area contributed by atoms with Gasteiger partial charge in [-0.25, -0.2) is 0 Å². The third-order valence-corrected chi connectivity index (χ3v) is 5.42. The maximum Gasteiger partial charge on any atom is 0.272 e. The summed E-state index contributed by atoms with van der Waals surface area (Å²) in [6.07, 6.45) is 4.37. The minimum absolute atomic E-state index is 0.0490. The summed E-state index contributed by atoms with van der Waals surface area (Å²) in [6.45, 7) is 4.49. The zero-order chi connectivity index (χ0) is 23.4. The summed E-state index contributed by atoms with van der Waals surface area (Å²) >= 11 is 0. The van der Waals surface area contributed by atoms with Crippen molar-refractivity contribution in [2.75, 3.05) is 16.8 Å². The lowest BCUT2D eigenvalue weighted by Crippen LogP contribution is -2.30. The van der Waals surface area contributed by atoms with Crippen LogP contribution in [-0.4, -0.2) is 24.3 Å². The molecule has 3 amide bonds. The van der Waals surface area contributed by atoms with E-state index in [1.54, 1.807) is 41.3 Å². The molecule has 168 valence electrons. The van der Waals surface area contributed by atoms with E-state index in [-0.39, 0.29) is 11.6 Å². The molecule has 0 radical (unpaired) electrons. The second-order valence-corrected chi connectivity index (χ2v) is 8.00. The molecule has 0 bridgehead atoms. The number of carbonyl (C=O) groups excluding carboxylic acids is 3. The van der Waals surface area contributed by atoms with Crippen molar-refractivity contribution < 1.29 is 18.8 Å². The molecule has 0 aliphatic carbocycles. The molecule has 0 saturated carbocycles. The zero-order valence-corrected chi connectivity index (χ0v) is 18.6. The smallest absolute Gasteiger partial charge is 0.272 e. The Morgan fingerprint density at radius 3 is 2.58 bits per heavy atom. The van der Waals surface area contributed by atoms with Crippen molar-refractivity contribution >= 4 is 35.2 Å². The molecule has 3 aromatic rings. The van der Waals surface area contributed by atoms with E-state index in [0.29, 0.717) is 30.0 Å². The third kappa shape index (κ3) is 5.20. The van der Waals surface area contributed by atoms with Gasteiger partial charge in [-0.05, 0) is 68.3 Å². The molecule has 1 aliphatic heterocycles. The minimum atomic E-state index is -0.489. The average molecular weight is 444 g/mol. The number of amides is 3. The molecular weight excluding hydrogens is 418 g/mol. The van der Waals surface area contributed by atoms with Crippen LogP contribution in [0.1, 0.15) is 40.1 Å². The molecule has 1 saturated heterocycles. The maximum atomic E-state index is 13.1. The lowest BCUT2D eigenvalue weighted by Gasteiger charge is -2.19. The number of nitrogens with zero attached hydrogens (tertiary/aromatic N) is 1. The molecule has 0 atom stereocenters. The van der Waals surface area contributed by atoms with Crippen molar-refractivity contribution in [2.45, 2.75) is 26.7 Å². The molecule has 1 aromatic heterocycles. The predicted molar refractivity (Wildman–Crippen MR) is 127 cm³/mol. The number of furan rings is 1. The van der Waals surface area contributed by atoms with Gasteiger partial charge in [0.2, 0.25) is 5.91 Å². The van der Waals surface area contributed by atoms with E-state index < -0.39 is 11.8 Å². The first-order valence-electron chi connectivity index (χ1n) is 10.8. The Morgan fingerprint density at radius 2 is 1.91 bits per heavy atom. The van der Waals surface area contributed by atoms with E-state index in [0.717, 1.165) is 23.2 Å². The van der Waals surface area contributed by atoms with Crippen LogP contribution in [0.3, 0.4) is 0 Å². The molecule has 1 fully saturated rings. The van der Waals surface area contributed by atoms with Gasteiger partial charge < -0.3 is 20.0 Å². The van der Waals surface area contributed by atoms with Gasteiger partial charge in [0.15, 0.2) is 0 Å². The first-order chi connectivity index (χ1) is 15.9.